The first kappa shape index (κ1) is 13.6. The molecule has 0 amide bonds. The highest BCUT2D eigenvalue weighted by atomic mass is 15.2. The molecule has 0 N–H and O–H groups in total. The minimum Gasteiger partial charge on any atom is -0.298 e. The molecule has 2 rings (SSSR count). The molecule has 0 spiro atoms. The molecule has 1 heteroatoms. The second-order valence-corrected chi connectivity index (χ2v) is 6.80. The van der Waals surface area contributed by atoms with E-state index in [1.807, 2.05) is 0 Å². The third-order valence-corrected chi connectivity index (χ3v) is 3.96. The van der Waals surface area contributed by atoms with E-state index in [9.17, 15) is 0 Å². The van der Waals surface area contributed by atoms with Gasteiger partial charge in [0.1, 0.15) is 0 Å². The maximum absolute atomic E-state index is 2.56. The minimum atomic E-state index is 0.265. The van der Waals surface area contributed by atoms with Crippen LogP contribution in [0.2, 0.25) is 0 Å². The highest BCUT2D eigenvalue weighted by molar-refractivity contribution is 5.27. The third-order valence-electron chi connectivity index (χ3n) is 3.96. The average molecular weight is 245 g/mol. The molecular formula is C17H27N. The molecule has 1 aromatic carbocycles. The summed E-state index contributed by atoms with van der Waals surface area (Å²) in [5, 5.41) is 0. The van der Waals surface area contributed by atoms with E-state index in [2.05, 4.69) is 56.9 Å². The lowest BCUT2D eigenvalue weighted by molar-refractivity contribution is 0.0860. The average Bonchev–Trinajstić information content (AvgIpc) is 2.26. The van der Waals surface area contributed by atoms with Gasteiger partial charge in [0.2, 0.25) is 0 Å². The minimum absolute atomic E-state index is 0.265. The molecule has 0 aromatic heterocycles. The van der Waals surface area contributed by atoms with Gasteiger partial charge in [-0.3, -0.25) is 4.90 Å². The zero-order valence-electron chi connectivity index (χ0n) is 12.4. The molecule has 1 fully saturated rings. The predicted octanol–water partition coefficient (Wildman–Crippen LogP) is 4.22. The van der Waals surface area contributed by atoms with E-state index in [1.54, 1.807) is 0 Å². The summed E-state index contributed by atoms with van der Waals surface area (Å²) in [6, 6.07) is 9.18. The SMILES string of the molecule is CCCC1CN(Cc2ccc(C(C)(C)C)cc2)C1. The zero-order valence-corrected chi connectivity index (χ0v) is 12.4. The van der Waals surface area contributed by atoms with Crippen LogP contribution in [-0.4, -0.2) is 18.0 Å². The molecule has 0 radical (unpaired) electrons. The van der Waals surface area contributed by atoms with Crippen LogP contribution in [0.5, 0.6) is 0 Å². The molecule has 18 heavy (non-hydrogen) atoms. The summed E-state index contributed by atoms with van der Waals surface area (Å²) in [5.41, 5.74) is 3.15. The fourth-order valence-corrected chi connectivity index (χ4v) is 2.77. The molecule has 0 atom stereocenters. The normalized spacial score (nSPS) is 17.8. The van der Waals surface area contributed by atoms with E-state index in [0.29, 0.717) is 0 Å². The Morgan fingerprint density at radius 3 is 2.22 bits per heavy atom. The fourth-order valence-electron chi connectivity index (χ4n) is 2.77. The van der Waals surface area contributed by atoms with Gasteiger partial charge in [0, 0.05) is 19.6 Å². The Kier molecular flexibility index (Phi) is 4.11. The highest BCUT2D eigenvalue weighted by Gasteiger charge is 2.25. The Hall–Kier alpha value is -0.820. The van der Waals surface area contributed by atoms with Crippen LogP contribution in [0.4, 0.5) is 0 Å². The van der Waals surface area contributed by atoms with Crippen molar-refractivity contribution in [2.45, 2.75) is 52.5 Å². The van der Waals surface area contributed by atoms with Crippen LogP contribution < -0.4 is 0 Å². The van der Waals surface area contributed by atoms with Gasteiger partial charge in [-0.1, -0.05) is 58.4 Å². The van der Waals surface area contributed by atoms with Crippen molar-refractivity contribution in [2.75, 3.05) is 13.1 Å². The number of hydrogen-bond donors (Lipinski definition) is 0. The monoisotopic (exact) mass is 245 g/mol. The molecule has 0 unspecified atom stereocenters. The molecule has 1 aliphatic rings. The summed E-state index contributed by atoms with van der Waals surface area (Å²) in [7, 11) is 0. The number of rotatable bonds is 4. The third kappa shape index (κ3) is 3.35. The van der Waals surface area contributed by atoms with E-state index >= 15 is 0 Å². The fraction of sp³-hybridized carbons (Fsp3) is 0.647. The van der Waals surface area contributed by atoms with Crippen LogP contribution in [0, 0.1) is 5.92 Å². The van der Waals surface area contributed by atoms with Crippen molar-refractivity contribution in [3.63, 3.8) is 0 Å². The van der Waals surface area contributed by atoms with E-state index in [1.165, 1.54) is 37.1 Å². The predicted molar refractivity (Wildman–Crippen MR) is 78.8 cm³/mol. The lowest BCUT2D eigenvalue weighted by Gasteiger charge is -2.39. The number of benzene rings is 1. The van der Waals surface area contributed by atoms with E-state index in [0.717, 1.165) is 12.5 Å². The lowest BCUT2D eigenvalue weighted by atomic mass is 9.86. The van der Waals surface area contributed by atoms with Gasteiger partial charge in [-0.2, -0.15) is 0 Å². The first-order valence-electron chi connectivity index (χ1n) is 7.31. The molecule has 0 saturated carbocycles. The first-order valence-corrected chi connectivity index (χ1v) is 7.31. The van der Waals surface area contributed by atoms with Crippen molar-refractivity contribution in [2.24, 2.45) is 5.92 Å². The number of nitrogens with zero attached hydrogens (tertiary/aromatic N) is 1. The van der Waals surface area contributed by atoms with E-state index in [-0.39, 0.29) is 5.41 Å². The second kappa shape index (κ2) is 5.44. The van der Waals surface area contributed by atoms with Crippen molar-refractivity contribution < 1.29 is 0 Å². The maximum Gasteiger partial charge on any atom is 0.0233 e. The van der Waals surface area contributed by atoms with Gasteiger partial charge in [0.15, 0.2) is 0 Å². The zero-order chi connectivity index (χ0) is 13.2. The first-order chi connectivity index (χ1) is 8.49. The van der Waals surface area contributed by atoms with Gasteiger partial charge >= 0.3 is 0 Å². The van der Waals surface area contributed by atoms with Crippen LogP contribution in [0.25, 0.3) is 0 Å². The second-order valence-electron chi connectivity index (χ2n) is 6.80. The Morgan fingerprint density at radius 1 is 1.11 bits per heavy atom. The molecular weight excluding hydrogens is 218 g/mol. The van der Waals surface area contributed by atoms with Crippen LogP contribution in [0.1, 0.15) is 51.7 Å². The lowest BCUT2D eigenvalue weighted by Crippen LogP contribution is -2.45. The Balaban J connectivity index is 1.85. The van der Waals surface area contributed by atoms with Gasteiger partial charge in [0.25, 0.3) is 0 Å². The molecule has 0 bridgehead atoms. The van der Waals surface area contributed by atoms with Crippen molar-refractivity contribution in [3.05, 3.63) is 35.4 Å². The molecule has 0 aliphatic carbocycles. The van der Waals surface area contributed by atoms with E-state index < -0.39 is 0 Å². The molecule has 100 valence electrons. The van der Waals surface area contributed by atoms with Gasteiger partial charge in [-0.05, 0) is 28.9 Å². The molecule has 1 aliphatic heterocycles. The number of likely N-dealkylation sites (tertiary alicyclic amines) is 1. The summed E-state index contributed by atoms with van der Waals surface area (Å²) in [5.74, 6) is 0.962. The molecule has 1 saturated heterocycles. The summed E-state index contributed by atoms with van der Waals surface area (Å²) >= 11 is 0. The molecule has 1 nitrogen and oxygen atoms in total. The smallest absolute Gasteiger partial charge is 0.0233 e. The van der Waals surface area contributed by atoms with Gasteiger partial charge in [-0.25, -0.2) is 0 Å². The summed E-state index contributed by atoms with van der Waals surface area (Å²) in [6.45, 7) is 12.8. The van der Waals surface area contributed by atoms with Crippen LogP contribution >= 0.6 is 0 Å². The van der Waals surface area contributed by atoms with Crippen molar-refractivity contribution in [3.8, 4) is 0 Å². The van der Waals surface area contributed by atoms with Crippen molar-refractivity contribution in [1.29, 1.82) is 0 Å². The maximum atomic E-state index is 2.56. The Bertz CT molecular complexity index is 366. The Labute approximate surface area is 112 Å². The van der Waals surface area contributed by atoms with Gasteiger partial charge in [0.05, 0.1) is 0 Å². The van der Waals surface area contributed by atoms with Gasteiger partial charge in [-0.15, -0.1) is 0 Å². The van der Waals surface area contributed by atoms with Crippen LogP contribution in [-0.2, 0) is 12.0 Å². The quantitative estimate of drug-likeness (QED) is 0.768. The van der Waals surface area contributed by atoms with Crippen LogP contribution in [0.15, 0.2) is 24.3 Å². The topological polar surface area (TPSA) is 3.24 Å². The summed E-state index contributed by atoms with van der Waals surface area (Å²) in [4.78, 5) is 2.56. The van der Waals surface area contributed by atoms with Crippen LogP contribution in [0.3, 0.4) is 0 Å². The molecule has 1 heterocycles. The summed E-state index contributed by atoms with van der Waals surface area (Å²) in [6.07, 6.45) is 2.73. The Morgan fingerprint density at radius 2 is 1.72 bits per heavy atom. The highest BCUT2D eigenvalue weighted by Crippen LogP contribution is 2.25. The number of hydrogen-bond acceptors (Lipinski definition) is 1. The largest absolute Gasteiger partial charge is 0.298 e. The van der Waals surface area contributed by atoms with Crippen molar-refractivity contribution >= 4 is 0 Å². The molecule has 1 aromatic rings. The van der Waals surface area contributed by atoms with Crippen molar-refractivity contribution in [1.82, 2.24) is 4.90 Å². The van der Waals surface area contributed by atoms with E-state index in [4.69, 9.17) is 0 Å². The standard InChI is InChI=1S/C17H27N/c1-5-6-15-12-18(13-15)11-14-7-9-16(10-8-14)17(2,3)4/h7-10,15H,5-6,11-13H2,1-4H3. The summed E-state index contributed by atoms with van der Waals surface area (Å²) < 4.78 is 0. The van der Waals surface area contributed by atoms with Gasteiger partial charge < -0.3 is 0 Å².